The van der Waals surface area contributed by atoms with Crippen molar-refractivity contribution in [2.45, 2.75) is 70.8 Å². The van der Waals surface area contributed by atoms with Crippen LogP contribution in [0.2, 0.25) is 0 Å². The molecule has 3 rings (SSSR count). The zero-order valence-electron chi connectivity index (χ0n) is 14.7. The number of aryl methyl sites for hydroxylation is 1. The van der Waals surface area contributed by atoms with Crippen LogP contribution in [0.4, 0.5) is 0 Å². The van der Waals surface area contributed by atoms with Gasteiger partial charge in [-0.15, -0.1) is 0 Å². The van der Waals surface area contributed by atoms with Crippen molar-refractivity contribution in [1.82, 2.24) is 14.9 Å². The molecule has 2 fully saturated rings. The van der Waals surface area contributed by atoms with E-state index in [0.29, 0.717) is 19.0 Å². The maximum Gasteiger partial charge on any atom is 0.316 e. The van der Waals surface area contributed by atoms with Crippen molar-refractivity contribution in [3.63, 3.8) is 0 Å². The van der Waals surface area contributed by atoms with Crippen LogP contribution in [0.15, 0.2) is 12.4 Å². The number of likely N-dealkylation sites (tertiary alicyclic amines) is 1. The van der Waals surface area contributed by atoms with E-state index in [0.717, 1.165) is 43.7 Å². The molecule has 1 saturated carbocycles. The molecule has 132 valence electrons. The summed E-state index contributed by atoms with van der Waals surface area (Å²) >= 11 is 0. The van der Waals surface area contributed by atoms with E-state index >= 15 is 0 Å². The number of nitrogens with zero attached hydrogens (tertiary/aromatic N) is 3. The van der Waals surface area contributed by atoms with E-state index < -0.39 is 0 Å². The van der Waals surface area contributed by atoms with Crippen molar-refractivity contribution in [1.29, 1.82) is 0 Å². The fourth-order valence-electron chi connectivity index (χ4n) is 3.78. The summed E-state index contributed by atoms with van der Waals surface area (Å²) in [5.41, 5.74) is 1.11. The van der Waals surface area contributed by atoms with Gasteiger partial charge in [-0.25, -0.2) is 9.97 Å². The van der Waals surface area contributed by atoms with E-state index in [1.165, 1.54) is 25.7 Å². The number of carbonyl (C=O) groups excluding carboxylic acids is 1. The molecular weight excluding hydrogens is 302 g/mol. The van der Waals surface area contributed by atoms with Crippen LogP contribution in [0.3, 0.4) is 0 Å². The standard InChI is InChI=1S/C19H29N3O2/c1-2-15-12-20-19(21-13-15)24-17-8-5-11-22(14-17)18(23)10-9-16-6-3-4-7-16/h12-13,16-17H,2-11,14H2,1H3. The van der Waals surface area contributed by atoms with Crippen LogP contribution in [0, 0.1) is 5.92 Å². The Bertz CT molecular complexity index is 526. The van der Waals surface area contributed by atoms with Crippen LogP contribution in [0.25, 0.3) is 0 Å². The zero-order chi connectivity index (χ0) is 16.8. The minimum absolute atomic E-state index is 0.0154. The van der Waals surface area contributed by atoms with Crippen molar-refractivity contribution in [3.8, 4) is 6.01 Å². The average Bonchev–Trinajstić information content (AvgIpc) is 3.14. The Morgan fingerprint density at radius 1 is 1.21 bits per heavy atom. The van der Waals surface area contributed by atoms with Crippen LogP contribution >= 0.6 is 0 Å². The molecule has 0 aromatic carbocycles. The molecule has 5 nitrogen and oxygen atoms in total. The van der Waals surface area contributed by atoms with Gasteiger partial charge in [-0.1, -0.05) is 32.6 Å². The van der Waals surface area contributed by atoms with Crippen LogP contribution in [-0.4, -0.2) is 40.0 Å². The van der Waals surface area contributed by atoms with Gasteiger partial charge in [0.15, 0.2) is 0 Å². The fourth-order valence-corrected chi connectivity index (χ4v) is 3.78. The number of ether oxygens (including phenoxy) is 1. The van der Waals surface area contributed by atoms with Gasteiger partial charge in [-0.2, -0.15) is 0 Å². The van der Waals surface area contributed by atoms with E-state index in [4.69, 9.17) is 4.74 Å². The number of hydrogen-bond donors (Lipinski definition) is 0. The van der Waals surface area contributed by atoms with E-state index in [2.05, 4.69) is 16.9 Å². The minimum Gasteiger partial charge on any atom is -0.458 e. The first-order valence-corrected chi connectivity index (χ1v) is 9.50. The summed E-state index contributed by atoms with van der Waals surface area (Å²) < 4.78 is 5.90. The highest BCUT2D eigenvalue weighted by Crippen LogP contribution is 2.29. The molecule has 2 aliphatic rings. The topological polar surface area (TPSA) is 55.3 Å². The summed E-state index contributed by atoms with van der Waals surface area (Å²) in [5, 5.41) is 0. The predicted molar refractivity (Wildman–Crippen MR) is 92.8 cm³/mol. The fraction of sp³-hybridized carbons (Fsp3) is 0.737. The average molecular weight is 331 g/mol. The van der Waals surface area contributed by atoms with Gasteiger partial charge in [0.25, 0.3) is 0 Å². The number of piperidine rings is 1. The number of carbonyl (C=O) groups is 1. The smallest absolute Gasteiger partial charge is 0.316 e. The zero-order valence-corrected chi connectivity index (χ0v) is 14.7. The third-order valence-electron chi connectivity index (χ3n) is 5.33. The Labute approximate surface area is 144 Å². The highest BCUT2D eigenvalue weighted by atomic mass is 16.5. The predicted octanol–water partition coefficient (Wildman–Crippen LogP) is 3.38. The van der Waals surface area contributed by atoms with Gasteiger partial charge < -0.3 is 9.64 Å². The van der Waals surface area contributed by atoms with Gasteiger partial charge in [-0.05, 0) is 37.2 Å². The number of rotatable bonds is 6. The Kier molecular flexibility index (Phi) is 6.05. The third kappa shape index (κ3) is 4.68. The van der Waals surface area contributed by atoms with Crippen LogP contribution < -0.4 is 4.74 Å². The summed E-state index contributed by atoms with van der Waals surface area (Å²) in [6, 6.07) is 0.428. The van der Waals surface area contributed by atoms with Crippen molar-refractivity contribution >= 4 is 5.91 Å². The molecule has 1 saturated heterocycles. The first kappa shape index (κ1) is 17.2. The molecule has 0 radical (unpaired) electrons. The Morgan fingerprint density at radius 2 is 1.96 bits per heavy atom. The Balaban J connectivity index is 1.46. The second-order valence-corrected chi connectivity index (χ2v) is 7.14. The molecule has 1 amide bonds. The summed E-state index contributed by atoms with van der Waals surface area (Å²) in [7, 11) is 0. The van der Waals surface area contributed by atoms with Gasteiger partial charge >= 0.3 is 6.01 Å². The van der Waals surface area contributed by atoms with Crippen LogP contribution in [0.1, 0.15) is 63.9 Å². The first-order valence-electron chi connectivity index (χ1n) is 9.50. The molecule has 0 N–H and O–H groups in total. The number of hydrogen-bond acceptors (Lipinski definition) is 4. The molecule has 0 bridgehead atoms. The highest BCUT2D eigenvalue weighted by molar-refractivity contribution is 5.76. The van der Waals surface area contributed by atoms with E-state index in [1.807, 2.05) is 17.3 Å². The number of amides is 1. The lowest BCUT2D eigenvalue weighted by Gasteiger charge is -2.32. The molecule has 1 aromatic rings. The maximum absolute atomic E-state index is 12.5. The summed E-state index contributed by atoms with van der Waals surface area (Å²) in [6.45, 7) is 3.61. The molecule has 1 aliphatic carbocycles. The van der Waals surface area contributed by atoms with Gasteiger partial charge in [0.05, 0.1) is 6.54 Å². The normalized spacial score (nSPS) is 21.9. The van der Waals surface area contributed by atoms with Crippen LogP contribution in [-0.2, 0) is 11.2 Å². The van der Waals surface area contributed by atoms with Crippen molar-refractivity contribution < 1.29 is 9.53 Å². The first-order chi connectivity index (χ1) is 11.7. The minimum atomic E-state index is 0.0154. The quantitative estimate of drug-likeness (QED) is 0.802. The van der Waals surface area contributed by atoms with Gasteiger partial charge in [-0.3, -0.25) is 4.79 Å². The number of aromatic nitrogens is 2. The molecule has 1 unspecified atom stereocenters. The molecular formula is C19H29N3O2. The lowest BCUT2D eigenvalue weighted by atomic mass is 10.0. The second kappa shape index (κ2) is 8.45. The summed E-state index contributed by atoms with van der Waals surface area (Å²) in [5.74, 6) is 1.06. The summed E-state index contributed by atoms with van der Waals surface area (Å²) in [6.07, 6.45) is 13.6. The molecule has 5 heteroatoms. The molecule has 24 heavy (non-hydrogen) atoms. The SMILES string of the molecule is CCc1cnc(OC2CCCN(C(=O)CCC3CCCC3)C2)nc1. The lowest BCUT2D eigenvalue weighted by Crippen LogP contribution is -2.44. The third-order valence-corrected chi connectivity index (χ3v) is 5.33. The second-order valence-electron chi connectivity index (χ2n) is 7.14. The molecule has 1 aromatic heterocycles. The highest BCUT2D eigenvalue weighted by Gasteiger charge is 2.26. The Morgan fingerprint density at radius 3 is 2.67 bits per heavy atom. The maximum atomic E-state index is 12.5. The van der Waals surface area contributed by atoms with Crippen molar-refractivity contribution in [2.75, 3.05) is 13.1 Å². The van der Waals surface area contributed by atoms with E-state index in [-0.39, 0.29) is 12.0 Å². The van der Waals surface area contributed by atoms with Gasteiger partial charge in [0.2, 0.25) is 5.91 Å². The molecule has 2 heterocycles. The monoisotopic (exact) mass is 331 g/mol. The van der Waals surface area contributed by atoms with E-state index in [9.17, 15) is 4.79 Å². The van der Waals surface area contributed by atoms with Crippen molar-refractivity contribution in [3.05, 3.63) is 18.0 Å². The molecule has 0 spiro atoms. The van der Waals surface area contributed by atoms with Crippen LogP contribution in [0.5, 0.6) is 6.01 Å². The van der Waals surface area contributed by atoms with Crippen molar-refractivity contribution in [2.24, 2.45) is 5.92 Å². The molecule has 1 atom stereocenters. The lowest BCUT2D eigenvalue weighted by molar-refractivity contribution is -0.134. The summed E-state index contributed by atoms with van der Waals surface area (Å²) in [4.78, 5) is 23.0. The van der Waals surface area contributed by atoms with E-state index in [1.54, 1.807) is 0 Å². The van der Waals surface area contributed by atoms with Gasteiger partial charge in [0, 0.05) is 25.4 Å². The molecule has 1 aliphatic heterocycles. The largest absolute Gasteiger partial charge is 0.458 e. The Hall–Kier alpha value is -1.65. The van der Waals surface area contributed by atoms with Gasteiger partial charge in [0.1, 0.15) is 6.10 Å².